The standard InChI is InChI=1S/C67H42N2O3/c1-7-22-55-47(16-1)48-17-2-8-23-56(48)67(55)57-24-9-3-18-49(57)54-39-65-66(40-58(54)67)72-64-36-42(30-35-62(64)71-65)41-28-31-43(32-29-41)68(46-33-34-53-52-21-6-12-27-61(52)70-63(53)38-46)44-14-13-15-45(37-44)69-59-25-10-4-19-50(59)51-20-5-11-26-60(51)69/h1-37,39-40,63H,38H2. The highest BCUT2D eigenvalue weighted by atomic mass is 16.6. The molecule has 1 aromatic heterocycles. The number of aromatic nitrogens is 1. The Morgan fingerprint density at radius 2 is 0.986 bits per heavy atom. The van der Waals surface area contributed by atoms with Gasteiger partial charge in [-0.2, -0.15) is 0 Å². The Kier molecular flexibility index (Phi) is 8.15. The van der Waals surface area contributed by atoms with Gasteiger partial charge in [-0.15, -0.1) is 0 Å². The zero-order valence-corrected chi connectivity index (χ0v) is 38.9. The van der Waals surface area contributed by atoms with Gasteiger partial charge in [-0.05, 0) is 135 Å². The molecule has 72 heavy (non-hydrogen) atoms. The summed E-state index contributed by atoms with van der Waals surface area (Å²) in [5.41, 5.74) is 20.8. The van der Waals surface area contributed by atoms with Gasteiger partial charge in [0.2, 0.25) is 0 Å². The van der Waals surface area contributed by atoms with E-state index in [-0.39, 0.29) is 6.10 Å². The van der Waals surface area contributed by atoms with E-state index in [4.69, 9.17) is 14.2 Å². The van der Waals surface area contributed by atoms with Crippen molar-refractivity contribution in [2.45, 2.75) is 17.9 Å². The van der Waals surface area contributed by atoms with Crippen LogP contribution in [0.5, 0.6) is 28.7 Å². The summed E-state index contributed by atoms with van der Waals surface area (Å²) in [4.78, 5) is 2.40. The third-order valence-corrected chi connectivity index (χ3v) is 15.8. The van der Waals surface area contributed by atoms with Gasteiger partial charge in [0.05, 0.1) is 16.4 Å². The Labute approximate surface area is 416 Å². The molecule has 0 radical (unpaired) electrons. The topological polar surface area (TPSA) is 35.9 Å². The van der Waals surface area contributed by atoms with E-state index in [1.807, 2.05) is 12.1 Å². The van der Waals surface area contributed by atoms with Crippen LogP contribution in [-0.4, -0.2) is 10.7 Å². The highest BCUT2D eigenvalue weighted by molar-refractivity contribution is 6.09. The molecule has 1 spiro atoms. The molecular formula is C67H42N2O3. The molecule has 3 heterocycles. The van der Waals surface area contributed by atoms with Gasteiger partial charge in [-0.1, -0.05) is 158 Å². The molecule has 16 rings (SSSR count). The molecule has 0 saturated carbocycles. The number of para-hydroxylation sites is 3. The van der Waals surface area contributed by atoms with E-state index in [2.05, 4.69) is 234 Å². The van der Waals surface area contributed by atoms with Crippen LogP contribution in [0.3, 0.4) is 0 Å². The molecule has 3 aliphatic carbocycles. The van der Waals surface area contributed by atoms with Crippen molar-refractivity contribution in [2.75, 3.05) is 4.90 Å². The quantitative estimate of drug-likeness (QED) is 0.172. The molecule has 1 unspecified atom stereocenters. The third-order valence-electron chi connectivity index (χ3n) is 15.8. The van der Waals surface area contributed by atoms with Crippen molar-refractivity contribution in [1.29, 1.82) is 0 Å². The fourth-order valence-corrected chi connectivity index (χ4v) is 12.8. The minimum absolute atomic E-state index is 0.0702. The van der Waals surface area contributed by atoms with Gasteiger partial charge in [0.25, 0.3) is 0 Å². The summed E-state index contributed by atoms with van der Waals surface area (Å²) in [5, 5.41) is 2.48. The van der Waals surface area contributed by atoms with Crippen molar-refractivity contribution in [3.63, 3.8) is 0 Å². The molecule has 0 N–H and O–H groups in total. The summed E-state index contributed by atoms with van der Waals surface area (Å²) >= 11 is 0. The smallest absolute Gasteiger partial charge is 0.170 e. The number of ether oxygens (including phenoxy) is 3. The lowest BCUT2D eigenvalue weighted by Crippen LogP contribution is -2.25. The molecule has 338 valence electrons. The van der Waals surface area contributed by atoms with Gasteiger partial charge < -0.3 is 23.7 Å². The monoisotopic (exact) mass is 922 g/mol. The minimum atomic E-state index is -0.469. The normalized spacial score (nSPS) is 15.6. The lowest BCUT2D eigenvalue weighted by Gasteiger charge is -2.32. The number of benzene rings is 10. The first kappa shape index (κ1) is 39.5. The Balaban J connectivity index is 0.772. The molecule has 1 atom stereocenters. The average molecular weight is 923 g/mol. The van der Waals surface area contributed by atoms with Crippen LogP contribution in [0, 0.1) is 0 Å². The molecule has 2 aliphatic heterocycles. The minimum Gasteiger partial charge on any atom is -0.485 e. The molecule has 0 saturated heterocycles. The lowest BCUT2D eigenvalue weighted by atomic mass is 9.70. The maximum atomic E-state index is 6.93. The van der Waals surface area contributed by atoms with Crippen LogP contribution in [0.4, 0.5) is 11.4 Å². The van der Waals surface area contributed by atoms with E-state index in [0.29, 0.717) is 17.2 Å². The van der Waals surface area contributed by atoms with Crippen molar-refractivity contribution < 1.29 is 14.2 Å². The number of hydrogen-bond donors (Lipinski definition) is 0. The van der Waals surface area contributed by atoms with Crippen molar-refractivity contribution in [3.8, 4) is 67.8 Å². The molecule has 5 nitrogen and oxygen atoms in total. The van der Waals surface area contributed by atoms with Gasteiger partial charge in [-0.3, -0.25) is 0 Å². The second-order valence-electron chi connectivity index (χ2n) is 19.5. The van der Waals surface area contributed by atoms with E-state index >= 15 is 0 Å². The van der Waals surface area contributed by atoms with Crippen molar-refractivity contribution >= 4 is 38.8 Å². The predicted molar refractivity (Wildman–Crippen MR) is 289 cm³/mol. The molecular weight excluding hydrogens is 881 g/mol. The highest BCUT2D eigenvalue weighted by Gasteiger charge is 2.52. The van der Waals surface area contributed by atoms with E-state index in [1.165, 1.54) is 77.5 Å². The molecule has 5 heteroatoms. The zero-order valence-electron chi connectivity index (χ0n) is 38.9. The van der Waals surface area contributed by atoms with Crippen LogP contribution < -0.4 is 19.1 Å². The second kappa shape index (κ2) is 14.8. The summed E-state index contributed by atoms with van der Waals surface area (Å²) in [6.45, 7) is 0. The maximum Gasteiger partial charge on any atom is 0.170 e. The molecule has 10 aromatic carbocycles. The van der Waals surface area contributed by atoms with E-state index in [9.17, 15) is 0 Å². The SMILES string of the molecule is C1=C2c3ccccc3OC2CC(N(c2ccc(-c3ccc4c(c3)Oc3cc5c(cc3O4)-c3ccccc3C53c4ccccc4-c4ccccc43)cc2)c2cccc(-n3c4ccccc4c4ccccc43)c2)=C1. The summed E-state index contributed by atoms with van der Waals surface area (Å²) in [6.07, 6.45) is 5.18. The number of nitrogens with zero attached hydrogens (tertiary/aromatic N) is 2. The molecule has 11 aromatic rings. The number of hydrogen-bond acceptors (Lipinski definition) is 4. The first-order valence-corrected chi connectivity index (χ1v) is 24.8. The fraction of sp³-hybridized carbons (Fsp3) is 0.0448. The lowest BCUT2D eigenvalue weighted by molar-refractivity contribution is 0.274. The van der Waals surface area contributed by atoms with E-state index in [0.717, 1.165) is 51.8 Å². The Hall–Kier alpha value is -9.32. The average Bonchev–Trinajstić information content (AvgIpc) is 4.16. The first-order valence-electron chi connectivity index (χ1n) is 24.8. The summed E-state index contributed by atoms with van der Waals surface area (Å²) < 4.78 is 22.7. The Bertz CT molecular complexity index is 4100. The van der Waals surface area contributed by atoms with Crippen molar-refractivity contribution in [3.05, 3.63) is 270 Å². The fourth-order valence-electron chi connectivity index (χ4n) is 12.8. The molecule has 0 fully saturated rings. The van der Waals surface area contributed by atoms with Crippen molar-refractivity contribution in [2.24, 2.45) is 0 Å². The van der Waals surface area contributed by atoms with Crippen LogP contribution in [0.2, 0.25) is 0 Å². The largest absolute Gasteiger partial charge is 0.485 e. The third kappa shape index (κ3) is 5.48. The van der Waals surface area contributed by atoms with Crippen LogP contribution in [-0.2, 0) is 5.41 Å². The molecule has 0 bridgehead atoms. The first-order chi connectivity index (χ1) is 35.7. The van der Waals surface area contributed by atoms with E-state index in [1.54, 1.807) is 0 Å². The van der Waals surface area contributed by atoms with Gasteiger partial charge in [0, 0.05) is 51.1 Å². The van der Waals surface area contributed by atoms with Gasteiger partial charge in [0.1, 0.15) is 11.9 Å². The second-order valence-corrected chi connectivity index (χ2v) is 19.5. The predicted octanol–water partition coefficient (Wildman–Crippen LogP) is 17.0. The maximum absolute atomic E-state index is 6.93. The summed E-state index contributed by atoms with van der Waals surface area (Å²) in [5.74, 6) is 3.77. The number of anilines is 2. The molecule has 0 amide bonds. The van der Waals surface area contributed by atoms with Crippen LogP contribution in [0.1, 0.15) is 34.2 Å². The molecule has 5 aliphatic rings. The highest BCUT2D eigenvalue weighted by Crippen LogP contribution is 2.64. The number of fused-ring (bicyclic) bond motifs is 18. The number of allylic oxidation sites excluding steroid dienone is 2. The van der Waals surface area contributed by atoms with Crippen molar-refractivity contribution in [1.82, 2.24) is 4.57 Å². The van der Waals surface area contributed by atoms with Gasteiger partial charge in [0.15, 0.2) is 23.0 Å². The van der Waals surface area contributed by atoms with Crippen LogP contribution >= 0.6 is 0 Å². The van der Waals surface area contributed by atoms with Crippen LogP contribution in [0.25, 0.3) is 66.4 Å². The zero-order chi connectivity index (χ0) is 47.1. The van der Waals surface area contributed by atoms with E-state index < -0.39 is 5.41 Å². The van der Waals surface area contributed by atoms with Gasteiger partial charge in [-0.25, -0.2) is 0 Å². The summed E-state index contributed by atoms with van der Waals surface area (Å²) in [6, 6.07) is 80.9. The number of rotatable bonds is 5. The Morgan fingerprint density at radius 1 is 0.403 bits per heavy atom. The van der Waals surface area contributed by atoms with Crippen LogP contribution in [0.15, 0.2) is 242 Å². The Morgan fingerprint density at radius 3 is 1.71 bits per heavy atom. The van der Waals surface area contributed by atoms with Gasteiger partial charge >= 0.3 is 0 Å². The summed E-state index contributed by atoms with van der Waals surface area (Å²) in [7, 11) is 0.